The van der Waals surface area contributed by atoms with Crippen molar-refractivity contribution in [3.05, 3.63) is 34.3 Å². The second-order valence-corrected chi connectivity index (χ2v) is 5.87. The first-order valence-electron chi connectivity index (χ1n) is 6.34. The number of benzene rings is 1. The molecule has 0 spiro atoms. The number of carbonyl (C=O) groups excluding carboxylic acids is 1. The smallest absolute Gasteiger partial charge is 0.236 e. The summed E-state index contributed by atoms with van der Waals surface area (Å²) in [6, 6.07) is 8.05. The first-order valence-corrected chi connectivity index (χ1v) is 7.13. The minimum absolute atomic E-state index is 0. The Labute approximate surface area is 129 Å². The highest BCUT2D eigenvalue weighted by atomic mass is 79.9. The number of nitrogens with one attached hydrogen (secondary N) is 1. The van der Waals surface area contributed by atoms with E-state index in [1.165, 1.54) is 12.8 Å². The summed E-state index contributed by atoms with van der Waals surface area (Å²) in [5.41, 5.74) is 1.14. The van der Waals surface area contributed by atoms with Crippen molar-refractivity contribution < 1.29 is 4.79 Å². The van der Waals surface area contributed by atoms with Crippen molar-refractivity contribution in [2.75, 3.05) is 20.1 Å². The fraction of sp³-hybridized carbons (Fsp3) is 0.500. The number of likely N-dealkylation sites (N-methyl/N-ethyl adjacent to an activating group) is 1. The Kier molecular flexibility index (Phi) is 6.83. The topological polar surface area (TPSA) is 32.3 Å². The molecule has 1 aromatic carbocycles. The summed E-state index contributed by atoms with van der Waals surface area (Å²) in [5.74, 6) is 0.962. The van der Waals surface area contributed by atoms with Crippen molar-refractivity contribution in [3.8, 4) is 0 Å². The lowest BCUT2D eigenvalue weighted by Gasteiger charge is -2.17. The van der Waals surface area contributed by atoms with E-state index in [4.69, 9.17) is 0 Å². The van der Waals surface area contributed by atoms with E-state index < -0.39 is 0 Å². The van der Waals surface area contributed by atoms with Gasteiger partial charge < -0.3 is 10.2 Å². The summed E-state index contributed by atoms with van der Waals surface area (Å²) in [6.07, 6.45) is 2.63. The molecule has 0 saturated heterocycles. The predicted octanol–water partition coefficient (Wildman–Crippen LogP) is 2.83. The van der Waals surface area contributed by atoms with E-state index in [9.17, 15) is 4.79 Å². The Hall–Kier alpha value is -0.580. The van der Waals surface area contributed by atoms with Gasteiger partial charge >= 0.3 is 0 Å². The normalized spacial score (nSPS) is 13.8. The lowest BCUT2D eigenvalue weighted by Crippen LogP contribution is -2.35. The molecule has 3 nitrogen and oxygen atoms in total. The van der Waals surface area contributed by atoms with Crippen LogP contribution in [0.1, 0.15) is 18.4 Å². The third-order valence-electron chi connectivity index (χ3n) is 3.14. The molecule has 0 aliphatic heterocycles. The van der Waals surface area contributed by atoms with Gasteiger partial charge in [0.05, 0.1) is 6.54 Å². The van der Waals surface area contributed by atoms with Gasteiger partial charge in [-0.3, -0.25) is 4.79 Å². The maximum absolute atomic E-state index is 11.9. The number of carbonyl (C=O) groups is 1. The summed E-state index contributed by atoms with van der Waals surface area (Å²) in [7, 11) is 1.85. The molecular weight excluding hydrogens is 328 g/mol. The fourth-order valence-corrected chi connectivity index (χ4v) is 2.28. The Morgan fingerprint density at radius 3 is 2.84 bits per heavy atom. The van der Waals surface area contributed by atoms with Crippen LogP contribution >= 0.6 is 28.3 Å². The summed E-state index contributed by atoms with van der Waals surface area (Å²) >= 11 is 3.44. The lowest BCUT2D eigenvalue weighted by molar-refractivity contribution is -0.129. The van der Waals surface area contributed by atoms with Crippen LogP contribution in [0.4, 0.5) is 0 Å². The molecule has 0 bridgehead atoms. The zero-order valence-corrected chi connectivity index (χ0v) is 13.5. The molecule has 5 heteroatoms. The molecule has 2 rings (SSSR count). The first kappa shape index (κ1) is 16.5. The Morgan fingerprint density at radius 1 is 1.47 bits per heavy atom. The maximum atomic E-state index is 11.9. The highest BCUT2D eigenvalue weighted by molar-refractivity contribution is 9.10. The molecule has 1 amide bonds. The molecule has 0 atom stereocenters. The van der Waals surface area contributed by atoms with E-state index >= 15 is 0 Å². The van der Waals surface area contributed by atoms with Gasteiger partial charge in [0.2, 0.25) is 5.91 Å². The average Bonchev–Trinajstić information content (AvgIpc) is 3.13. The molecule has 1 saturated carbocycles. The van der Waals surface area contributed by atoms with E-state index in [2.05, 4.69) is 21.2 Å². The Balaban J connectivity index is 0.00000180. The fourth-order valence-electron chi connectivity index (χ4n) is 1.84. The van der Waals surface area contributed by atoms with Gasteiger partial charge in [0, 0.05) is 18.1 Å². The van der Waals surface area contributed by atoms with Crippen LogP contribution in [-0.4, -0.2) is 30.9 Å². The van der Waals surface area contributed by atoms with E-state index in [0.717, 1.165) is 22.5 Å². The van der Waals surface area contributed by atoms with Gasteiger partial charge in [-0.05, 0) is 43.0 Å². The summed E-state index contributed by atoms with van der Waals surface area (Å²) < 4.78 is 1.05. The molecule has 106 valence electrons. The number of amides is 1. The van der Waals surface area contributed by atoms with Crippen LogP contribution in [0.2, 0.25) is 0 Å². The first-order chi connectivity index (χ1) is 8.65. The monoisotopic (exact) mass is 346 g/mol. The van der Waals surface area contributed by atoms with E-state index in [-0.39, 0.29) is 18.3 Å². The van der Waals surface area contributed by atoms with E-state index in [1.54, 1.807) is 4.90 Å². The minimum Gasteiger partial charge on any atom is -0.340 e. The predicted molar refractivity (Wildman–Crippen MR) is 83.5 cm³/mol. The van der Waals surface area contributed by atoms with Gasteiger partial charge in [-0.2, -0.15) is 0 Å². The molecule has 19 heavy (non-hydrogen) atoms. The second-order valence-electron chi connectivity index (χ2n) is 4.95. The Bertz CT molecular complexity index is 424. The van der Waals surface area contributed by atoms with Crippen molar-refractivity contribution in [2.45, 2.75) is 19.4 Å². The van der Waals surface area contributed by atoms with Crippen LogP contribution in [0.5, 0.6) is 0 Å². The standard InChI is InChI=1S/C14H19BrN2O.ClH/c1-17(10-12-3-2-4-13(15)7-12)14(18)9-16-8-11-5-6-11;/h2-4,7,11,16H,5-6,8-10H2,1H3;1H. The number of rotatable bonds is 6. The number of halogens is 2. The summed E-state index contributed by atoms with van der Waals surface area (Å²) in [4.78, 5) is 13.7. The summed E-state index contributed by atoms with van der Waals surface area (Å²) in [6.45, 7) is 2.08. The highest BCUT2D eigenvalue weighted by Gasteiger charge is 2.20. The van der Waals surface area contributed by atoms with Crippen LogP contribution in [0, 0.1) is 5.92 Å². The number of hydrogen-bond donors (Lipinski definition) is 1. The van der Waals surface area contributed by atoms with Gasteiger partial charge in [-0.25, -0.2) is 0 Å². The lowest BCUT2D eigenvalue weighted by atomic mass is 10.2. The van der Waals surface area contributed by atoms with Crippen molar-refractivity contribution in [1.82, 2.24) is 10.2 Å². The quantitative estimate of drug-likeness (QED) is 0.858. The van der Waals surface area contributed by atoms with Crippen LogP contribution in [0.25, 0.3) is 0 Å². The van der Waals surface area contributed by atoms with Crippen molar-refractivity contribution in [3.63, 3.8) is 0 Å². The van der Waals surface area contributed by atoms with Crippen molar-refractivity contribution in [2.24, 2.45) is 5.92 Å². The van der Waals surface area contributed by atoms with Crippen LogP contribution in [-0.2, 0) is 11.3 Å². The van der Waals surface area contributed by atoms with Gasteiger partial charge in [0.15, 0.2) is 0 Å². The molecule has 1 N–H and O–H groups in total. The largest absolute Gasteiger partial charge is 0.340 e. The van der Waals surface area contributed by atoms with Gasteiger partial charge in [-0.15, -0.1) is 12.4 Å². The summed E-state index contributed by atoms with van der Waals surface area (Å²) in [5, 5.41) is 3.22. The SMILES string of the molecule is CN(Cc1cccc(Br)c1)C(=O)CNCC1CC1.Cl. The van der Waals surface area contributed by atoms with E-state index in [1.807, 2.05) is 31.3 Å². The Morgan fingerprint density at radius 2 is 2.21 bits per heavy atom. The van der Waals surface area contributed by atoms with Crippen LogP contribution < -0.4 is 5.32 Å². The maximum Gasteiger partial charge on any atom is 0.236 e. The molecule has 0 radical (unpaired) electrons. The zero-order valence-electron chi connectivity index (χ0n) is 11.1. The molecule has 1 aromatic rings. The number of nitrogens with zero attached hydrogens (tertiary/aromatic N) is 1. The second kappa shape index (κ2) is 7.88. The molecule has 1 aliphatic carbocycles. The molecule has 1 fully saturated rings. The average molecular weight is 348 g/mol. The van der Waals surface area contributed by atoms with Crippen molar-refractivity contribution in [1.29, 1.82) is 0 Å². The van der Waals surface area contributed by atoms with Crippen LogP contribution in [0.15, 0.2) is 28.7 Å². The molecule has 0 aromatic heterocycles. The van der Waals surface area contributed by atoms with Crippen LogP contribution in [0.3, 0.4) is 0 Å². The van der Waals surface area contributed by atoms with Gasteiger partial charge in [0.25, 0.3) is 0 Å². The third kappa shape index (κ3) is 5.93. The molecular formula is C14H20BrClN2O. The molecule has 0 heterocycles. The van der Waals surface area contributed by atoms with Gasteiger partial charge in [-0.1, -0.05) is 28.1 Å². The number of hydrogen-bond acceptors (Lipinski definition) is 2. The molecule has 0 unspecified atom stereocenters. The van der Waals surface area contributed by atoms with E-state index in [0.29, 0.717) is 13.1 Å². The zero-order chi connectivity index (χ0) is 13.0. The van der Waals surface area contributed by atoms with Gasteiger partial charge in [0.1, 0.15) is 0 Å². The van der Waals surface area contributed by atoms with Crippen molar-refractivity contribution >= 4 is 34.2 Å². The minimum atomic E-state index is 0. The molecule has 1 aliphatic rings. The third-order valence-corrected chi connectivity index (χ3v) is 3.63. The highest BCUT2D eigenvalue weighted by Crippen LogP contribution is 2.27.